The van der Waals surface area contributed by atoms with Gasteiger partial charge in [-0.25, -0.2) is 4.39 Å². The van der Waals surface area contributed by atoms with Gasteiger partial charge in [0.05, 0.1) is 18.7 Å². The topological polar surface area (TPSA) is 58.6 Å². The van der Waals surface area contributed by atoms with Crippen molar-refractivity contribution in [3.05, 3.63) is 24.0 Å². The molecule has 0 aliphatic carbocycles. The average Bonchev–Trinajstić information content (AvgIpc) is 2.30. The van der Waals surface area contributed by atoms with E-state index >= 15 is 0 Å². The normalized spacial score (nSPS) is 13.9. The molecular formula is C12H16FNO3. The van der Waals surface area contributed by atoms with Gasteiger partial charge in [0.15, 0.2) is 0 Å². The van der Waals surface area contributed by atoms with Gasteiger partial charge in [-0.2, -0.15) is 0 Å². The van der Waals surface area contributed by atoms with E-state index in [1.807, 2.05) is 0 Å². The predicted octanol–water partition coefficient (Wildman–Crippen LogP) is 2.36. The van der Waals surface area contributed by atoms with E-state index in [2.05, 4.69) is 5.32 Å². The van der Waals surface area contributed by atoms with Crippen molar-refractivity contribution >= 4 is 11.7 Å². The third-order valence-electron chi connectivity index (χ3n) is 2.70. The van der Waals surface area contributed by atoms with Crippen LogP contribution in [0.25, 0.3) is 0 Å². The zero-order chi connectivity index (χ0) is 13.0. The standard InChI is InChI=1S/C12H16FNO3/c1-7(12(15)16)8(2)14-11-6-9(17-3)4-5-10(11)13/h4-8,14H,1-3H3,(H,15,16). The Balaban J connectivity index is 2.83. The third-order valence-corrected chi connectivity index (χ3v) is 2.70. The number of ether oxygens (including phenoxy) is 1. The fourth-order valence-corrected chi connectivity index (χ4v) is 1.33. The molecule has 0 amide bonds. The Morgan fingerprint density at radius 1 is 1.47 bits per heavy atom. The Hall–Kier alpha value is -1.78. The fraction of sp³-hybridized carbons (Fsp3) is 0.417. The van der Waals surface area contributed by atoms with Crippen LogP contribution in [0.2, 0.25) is 0 Å². The van der Waals surface area contributed by atoms with Crippen LogP contribution in [0.4, 0.5) is 10.1 Å². The van der Waals surface area contributed by atoms with E-state index in [4.69, 9.17) is 9.84 Å². The molecule has 0 saturated heterocycles. The second-order valence-electron chi connectivity index (χ2n) is 3.91. The Kier molecular flexibility index (Phi) is 4.31. The van der Waals surface area contributed by atoms with E-state index in [-0.39, 0.29) is 11.7 Å². The first-order valence-electron chi connectivity index (χ1n) is 5.28. The predicted molar refractivity (Wildman–Crippen MR) is 62.8 cm³/mol. The molecule has 0 heterocycles. The number of aliphatic carboxylic acids is 1. The Morgan fingerprint density at radius 3 is 2.65 bits per heavy atom. The fourth-order valence-electron chi connectivity index (χ4n) is 1.33. The van der Waals surface area contributed by atoms with Crippen molar-refractivity contribution in [3.8, 4) is 5.75 Å². The molecule has 94 valence electrons. The number of hydrogen-bond donors (Lipinski definition) is 2. The Morgan fingerprint density at radius 2 is 2.12 bits per heavy atom. The smallest absolute Gasteiger partial charge is 0.308 e. The molecule has 4 nitrogen and oxygen atoms in total. The van der Waals surface area contributed by atoms with E-state index in [1.54, 1.807) is 13.8 Å². The molecule has 5 heteroatoms. The van der Waals surface area contributed by atoms with E-state index < -0.39 is 17.7 Å². The van der Waals surface area contributed by atoms with Crippen LogP contribution in [0.15, 0.2) is 18.2 Å². The summed E-state index contributed by atoms with van der Waals surface area (Å²) in [5.41, 5.74) is 0.241. The average molecular weight is 241 g/mol. The van der Waals surface area contributed by atoms with E-state index in [0.29, 0.717) is 5.75 Å². The summed E-state index contributed by atoms with van der Waals surface area (Å²) in [5.74, 6) is -1.45. The van der Waals surface area contributed by atoms with Gasteiger partial charge < -0.3 is 15.2 Å². The van der Waals surface area contributed by atoms with Crippen LogP contribution in [0.3, 0.4) is 0 Å². The minimum atomic E-state index is -0.923. The van der Waals surface area contributed by atoms with Gasteiger partial charge in [-0.3, -0.25) is 4.79 Å². The molecule has 1 aromatic carbocycles. The van der Waals surface area contributed by atoms with E-state index in [0.717, 1.165) is 0 Å². The molecule has 1 aromatic rings. The van der Waals surface area contributed by atoms with Gasteiger partial charge in [-0.05, 0) is 26.0 Å². The Labute approximate surface area is 99.4 Å². The summed E-state index contributed by atoms with van der Waals surface area (Å²) in [6.45, 7) is 3.26. The van der Waals surface area contributed by atoms with Gasteiger partial charge >= 0.3 is 5.97 Å². The van der Waals surface area contributed by atoms with E-state index in [9.17, 15) is 9.18 Å². The first-order chi connectivity index (χ1) is 7.95. The maximum atomic E-state index is 13.5. The minimum Gasteiger partial charge on any atom is -0.497 e. The molecular weight excluding hydrogens is 225 g/mol. The molecule has 0 aliphatic heterocycles. The SMILES string of the molecule is COc1ccc(F)c(NC(C)C(C)C(=O)O)c1. The molecule has 0 spiro atoms. The second kappa shape index (κ2) is 5.52. The number of nitrogens with one attached hydrogen (secondary N) is 1. The van der Waals surface area contributed by atoms with E-state index in [1.165, 1.54) is 25.3 Å². The summed E-state index contributed by atoms with van der Waals surface area (Å²) in [6.07, 6.45) is 0. The number of benzene rings is 1. The van der Waals surface area contributed by atoms with Crippen LogP contribution in [0.1, 0.15) is 13.8 Å². The lowest BCUT2D eigenvalue weighted by atomic mass is 10.0. The zero-order valence-corrected chi connectivity index (χ0v) is 10.0. The van der Waals surface area contributed by atoms with Gasteiger partial charge in [-0.15, -0.1) is 0 Å². The van der Waals surface area contributed by atoms with Crippen LogP contribution in [-0.2, 0) is 4.79 Å². The molecule has 0 saturated carbocycles. The van der Waals surface area contributed by atoms with Crippen molar-refractivity contribution in [1.82, 2.24) is 0 Å². The number of carboxylic acid groups (broad SMARTS) is 1. The molecule has 0 aromatic heterocycles. The summed E-state index contributed by atoms with van der Waals surface area (Å²) < 4.78 is 18.4. The molecule has 17 heavy (non-hydrogen) atoms. The number of hydrogen-bond acceptors (Lipinski definition) is 3. The van der Waals surface area contributed by atoms with Crippen LogP contribution >= 0.6 is 0 Å². The maximum Gasteiger partial charge on any atom is 0.308 e. The first kappa shape index (κ1) is 13.3. The largest absolute Gasteiger partial charge is 0.497 e. The van der Waals surface area contributed by atoms with Gasteiger partial charge in [0.25, 0.3) is 0 Å². The van der Waals surface area contributed by atoms with Gasteiger partial charge in [0.2, 0.25) is 0 Å². The molecule has 0 bridgehead atoms. The quantitative estimate of drug-likeness (QED) is 0.830. The summed E-state index contributed by atoms with van der Waals surface area (Å²) >= 11 is 0. The monoisotopic (exact) mass is 241 g/mol. The highest BCUT2D eigenvalue weighted by Crippen LogP contribution is 2.22. The highest BCUT2D eigenvalue weighted by atomic mass is 19.1. The van der Waals surface area contributed by atoms with Gasteiger partial charge in [-0.1, -0.05) is 0 Å². The first-order valence-corrected chi connectivity index (χ1v) is 5.28. The van der Waals surface area contributed by atoms with Crippen LogP contribution in [0, 0.1) is 11.7 Å². The third kappa shape index (κ3) is 3.34. The molecule has 2 atom stereocenters. The highest BCUT2D eigenvalue weighted by molar-refractivity contribution is 5.71. The summed E-state index contributed by atoms with van der Waals surface area (Å²) in [6, 6.07) is 3.90. The summed E-state index contributed by atoms with van der Waals surface area (Å²) in [7, 11) is 1.49. The number of rotatable bonds is 5. The lowest BCUT2D eigenvalue weighted by Crippen LogP contribution is -2.30. The second-order valence-corrected chi connectivity index (χ2v) is 3.91. The minimum absolute atomic E-state index is 0.241. The molecule has 0 radical (unpaired) electrons. The van der Waals surface area contributed by atoms with Crippen molar-refractivity contribution in [1.29, 1.82) is 0 Å². The van der Waals surface area contributed by atoms with Crippen LogP contribution in [0.5, 0.6) is 5.75 Å². The Bertz CT molecular complexity index is 409. The van der Waals surface area contributed by atoms with Crippen molar-refractivity contribution in [2.45, 2.75) is 19.9 Å². The van der Waals surface area contributed by atoms with Gasteiger partial charge in [0, 0.05) is 12.1 Å². The summed E-state index contributed by atoms with van der Waals surface area (Å²) in [4.78, 5) is 10.8. The molecule has 0 fully saturated rings. The van der Waals surface area contributed by atoms with Crippen LogP contribution in [-0.4, -0.2) is 24.2 Å². The number of anilines is 1. The van der Waals surface area contributed by atoms with Crippen molar-refractivity contribution < 1.29 is 19.0 Å². The summed E-state index contributed by atoms with van der Waals surface area (Å²) in [5, 5.41) is 11.7. The van der Waals surface area contributed by atoms with Crippen molar-refractivity contribution in [2.75, 3.05) is 12.4 Å². The van der Waals surface area contributed by atoms with Gasteiger partial charge in [0.1, 0.15) is 11.6 Å². The number of carbonyl (C=O) groups is 1. The van der Waals surface area contributed by atoms with Crippen LogP contribution < -0.4 is 10.1 Å². The molecule has 2 N–H and O–H groups in total. The van der Waals surface area contributed by atoms with Crippen molar-refractivity contribution in [3.63, 3.8) is 0 Å². The lowest BCUT2D eigenvalue weighted by Gasteiger charge is -2.19. The zero-order valence-electron chi connectivity index (χ0n) is 10.0. The molecule has 0 aliphatic rings. The highest BCUT2D eigenvalue weighted by Gasteiger charge is 2.20. The molecule has 2 unspecified atom stereocenters. The molecule has 1 rings (SSSR count). The number of carboxylic acids is 1. The maximum absolute atomic E-state index is 13.5. The van der Waals surface area contributed by atoms with Crippen molar-refractivity contribution in [2.24, 2.45) is 5.92 Å². The number of methoxy groups -OCH3 is 1. The lowest BCUT2D eigenvalue weighted by molar-refractivity contribution is -0.141. The number of halogens is 1.